The van der Waals surface area contributed by atoms with Gasteiger partial charge in [-0.25, -0.2) is 44.3 Å². The summed E-state index contributed by atoms with van der Waals surface area (Å²) in [6, 6.07) is 0.997. The number of hydrogen-bond acceptors (Lipinski definition) is 7. The largest absolute Gasteiger partial charge is 0.419 e. The molecule has 0 radical (unpaired) electrons. The van der Waals surface area contributed by atoms with Gasteiger partial charge in [-0.05, 0) is 25.1 Å². The van der Waals surface area contributed by atoms with Crippen LogP contribution in [0.15, 0.2) is 29.2 Å². The Labute approximate surface area is 239 Å². The molecule has 0 N–H and O–H groups in total. The first-order valence-electron chi connectivity index (χ1n) is 11.7. The summed E-state index contributed by atoms with van der Waals surface area (Å²) in [6.45, 7) is 0.143. The minimum Gasteiger partial charge on any atom is -0.419 e. The van der Waals surface area contributed by atoms with Crippen molar-refractivity contribution in [3.05, 3.63) is 88.0 Å². The zero-order valence-corrected chi connectivity index (χ0v) is 22.2. The Morgan fingerprint density at radius 3 is 1.68 bits per heavy atom. The topological polar surface area (TPSA) is 103 Å². The number of carbonyl (C=O) groups is 2. The second-order valence-corrected chi connectivity index (χ2v) is 10.7. The van der Waals surface area contributed by atoms with Crippen molar-refractivity contribution in [3.63, 3.8) is 0 Å². The van der Waals surface area contributed by atoms with E-state index in [1.165, 1.54) is 0 Å². The smallest absolute Gasteiger partial charge is 0.343 e. The lowest BCUT2D eigenvalue weighted by molar-refractivity contribution is -0.138. The average molecular weight is 661 g/mol. The lowest BCUT2D eigenvalue weighted by Crippen LogP contribution is -2.46. The van der Waals surface area contributed by atoms with Crippen LogP contribution in [0, 0.1) is 58.2 Å². The lowest BCUT2D eigenvalue weighted by Gasteiger charge is -2.26. The first-order valence-corrected chi connectivity index (χ1v) is 13.1. The highest BCUT2D eigenvalue weighted by Crippen LogP contribution is 2.32. The third-order valence-electron chi connectivity index (χ3n) is 5.97. The van der Waals surface area contributed by atoms with E-state index in [1.54, 1.807) is 0 Å². The summed E-state index contributed by atoms with van der Waals surface area (Å²) < 4.78 is 177. The first-order chi connectivity index (χ1) is 20.5. The van der Waals surface area contributed by atoms with Crippen LogP contribution in [0.2, 0.25) is 0 Å². The van der Waals surface area contributed by atoms with E-state index in [0.29, 0.717) is 10.4 Å². The molecule has 0 aromatic heterocycles. The molecule has 1 saturated heterocycles. The predicted molar refractivity (Wildman–Crippen MR) is 123 cm³/mol. The summed E-state index contributed by atoms with van der Waals surface area (Å²) in [7, 11) is -4.97. The van der Waals surface area contributed by atoms with E-state index in [2.05, 4.69) is 9.47 Å². The molecule has 0 saturated carbocycles. The number of benzene rings is 3. The molecule has 3 aromatic rings. The minimum absolute atomic E-state index is 0.0281. The van der Waals surface area contributed by atoms with Gasteiger partial charge >= 0.3 is 11.9 Å². The van der Waals surface area contributed by atoms with E-state index < -0.39 is 121 Å². The van der Waals surface area contributed by atoms with Crippen molar-refractivity contribution in [3.8, 4) is 11.5 Å². The Hall–Kier alpha value is -4.23. The van der Waals surface area contributed by atoms with Crippen molar-refractivity contribution >= 4 is 22.0 Å². The van der Waals surface area contributed by atoms with Gasteiger partial charge in [-0.2, -0.15) is 21.9 Å². The number of nitrogens with zero attached hydrogens (tertiary/aromatic N) is 1. The number of sulfonamides is 1. The molecule has 44 heavy (non-hydrogen) atoms. The van der Waals surface area contributed by atoms with Gasteiger partial charge in [0.15, 0.2) is 0 Å². The molecule has 1 aliphatic heterocycles. The molecule has 2 atom stereocenters. The summed E-state index contributed by atoms with van der Waals surface area (Å²) in [4.78, 5) is 24.3. The van der Waals surface area contributed by atoms with Gasteiger partial charge in [-0.1, -0.05) is 6.07 Å². The highest BCUT2D eigenvalue weighted by atomic mass is 32.2. The second-order valence-electron chi connectivity index (χ2n) is 8.84. The fourth-order valence-corrected chi connectivity index (χ4v) is 5.22. The average Bonchev–Trinajstić information content (AvgIpc) is 3.84. The molecule has 0 spiro atoms. The Balaban J connectivity index is 1.65. The van der Waals surface area contributed by atoms with Crippen molar-refractivity contribution < 1.29 is 76.1 Å². The molecule has 236 valence electrons. The monoisotopic (exact) mass is 661 g/mol. The SMILES string of the molecule is CC(C(=O)Oc1c(F)c(F)c(F)c(F)c1F)N(CC1CO1)S(=O)(=O)c1cccc(C(=O)Oc2c(F)c(F)c(F)c(F)c2F)c1. The van der Waals surface area contributed by atoms with E-state index in [0.717, 1.165) is 25.1 Å². The predicted octanol–water partition coefficient (Wildman–Crippen LogP) is 4.68. The molecule has 1 aliphatic rings. The highest BCUT2D eigenvalue weighted by Gasteiger charge is 2.40. The van der Waals surface area contributed by atoms with Crippen LogP contribution in [0.3, 0.4) is 0 Å². The van der Waals surface area contributed by atoms with E-state index in [9.17, 15) is 61.9 Å². The lowest BCUT2D eigenvalue weighted by atomic mass is 10.2. The summed E-state index contributed by atoms with van der Waals surface area (Å²) >= 11 is 0. The molecule has 0 aliphatic carbocycles. The van der Waals surface area contributed by atoms with Gasteiger partial charge in [0, 0.05) is 6.54 Å². The van der Waals surface area contributed by atoms with Gasteiger partial charge < -0.3 is 14.2 Å². The van der Waals surface area contributed by atoms with Crippen LogP contribution >= 0.6 is 0 Å². The number of epoxide rings is 1. The maximum absolute atomic E-state index is 14.0. The zero-order chi connectivity index (χ0) is 32.8. The molecule has 8 nitrogen and oxygen atoms in total. The van der Waals surface area contributed by atoms with Gasteiger partial charge in [-0.3, -0.25) is 0 Å². The number of rotatable bonds is 9. The van der Waals surface area contributed by atoms with Crippen molar-refractivity contribution in [2.75, 3.05) is 13.2 Å². The Morgan fingerprint density at radius 2 is 1.23 bits per heavy atom. The second kappa shape index (κ2) is 12.0. The normalized spacial score (nSPS) is 15.3. The summed E-state index contributed by atoms with van der Waals surface area (Å²) in [5, 5.41) is 0. The fourth-order valence-electron chi connectivity index (χ4n) is 3.56. The molecule has 2 unspecified atom stereocenters. The number of carbonyl (C=O) groups excluding carboxylic acids is 2. The maximum Gasteiger partial charge on any atom is 0.343 e. The number of ether oxygens (including phenoxy) is 3. The van der Waals surface area contributed by atoms with E-state index >= 15 is 0 Å². The van der Waals surface area contributed by atoms with Gasteiger partial charge in [0.1, 0.15) is 6.04 Å². The third-order valence-corrected chi connectivity index (χ3v) is 7.90. The first kappa shape index (κ1) is 32.7. The van der Waals surface area contributed by atoms with Crippen molar-refractivity contribution in [1.82, 2.24) is 4.31 Å². The molecule has 0 amide bonds. The Kier molecular flexibility index (Phi) is 8.94. The Bertz CT molecular complexity index is 1740. The third kappa shape index (κ3) is 5.93. The molecular weight excluding hydrogens is 648 g/mol. The van der Waals surface area contributed by atoms with Crippen LogP contribution in [0.5, 0.6) is 11.5 Å². The number of halogens is 10. The zero-order valence-electron chi connectivity index (χ0n) is 21.4. The molecule has 0 bridgehead atoms. The molecule has 4 rings (SSSR count). The summed E-state index contributed by atoms with van der Waals surface area (Å²) in [6.07, 6.45) is -0.837. The van der Waals surface area contributed by atoms with E-state index in [4.69, 9.17) is 4.74 Å². The van der Waals surface area contributed by atoms with Gasteiger partial charge in [0.25, 0.3) is 0 Å². The summed E-state index contributed by atoms with van der Waals surface area (Å²) in [5.74, 6) is -32.6. The molecule has 19 heteroatoms. The van der Waals surface area contributed by atoms with E-state index in [1.807, 2.05) is 0 Å². The van der Waals surface area contributed by atoms with Gasteiger partial charge in [0.2, 0.25) is 79.7 Å². The Morgan fingerprint density at radius 1 is 0.795 bits per heavy atom. The minimum atomic E-state index is -4.97. The van der Waals surface area contributed by atoms with Gasteiger partial charge in [0.05, 0.1) is 23.2 Å². The number of hydrogen-bond donors (Lipinski definition) is 0. The van der Waals surface area contributed by atoms with Gasteiger partial charge in [-0.15, -0.1) is 0 Å². The van der Waals surface area contributed by atoms with Crippen molar-refractivity contribution in [2.45, 2.75) is 24.0 Å². The van der Waals surface area contributed by atoms with E-state index in [-0.39, 0.29) is 6.61 Å². The van der Waals surface area contributed by atoms with Crippen LogP contribution in [0.4, 0.5) is 43.9 Å². The van der Waals surface area contributed by atoms with Crippen LogP contribution in [0.1, 0.15) is 17.3 Å². The fraction of sp³-hybridized carbons (Fsp3) is 0.200. The van der Waals surface area contributed by atoms with Crippen molar-refractivity contribution in [1.29, 1.82) is 0 Å². The molecule has 1 heterocycles. The molecule has 3 aromatic carbocycles. The molecule has 1 fully saturated rings. The molecular formula is C25H13F10NO7S. The van der Waals surface area contributed by atoms with Crippen LogP contribution in [-0.4, -0.2) is 50.0 Å². The quantitative estimate of drug-likeness (QED) is 0.0820. The number of esters is 2. The highest BCUT2D eigenvalue weighted by molar-refractivity contribution is 7.89. The standard InChI is InChI=1S/C25H13F10NO7S/c1-8(24(37)42-22-18(32)14(28)12(26)15(29)19(22)33)36(6-10-7-41-10)44(39,40)11-4-2-3-9(5-11)25(38)43-23-20(34)16(30)13(27)17(31)21(23)35/h2-5,8,10H,6-7H2,1H3. The van der Waals surface area contributed by atoms with Crippen LogP contribution in [-0.2, 0) is 19.6 Å². The van der Waals surface area contributed by atoms with Crippen LogP contribution in [0.25, 0.3) is 0 Å². The van der Waals surface area contributed by atoms with Crippen molar-refractivity contribution in [2.24, 2.45) is 0 Å². The van der Waals surface area contributed by atoms with Crippen LogP contribution < -0.4 is 9.47 Å². The maximum atomic E-state index is 14.0. The summed E-state index contributed by atoms with van der Waals surface area (Å²) in [5.41, 5.74) is -0.811.